The normalized spacial score (nSPS) is 15.9. The maximum Gasteiger partial charge on any atom is 0.260 e. The average molecular weight is 373 g/mol. The van der Waals surface area contributed by atoms with Crippen molar-refractivity contribution in [3.63, 3.8) is 0 Å². The molecule has 6 heteroatoms. The van der Waals surface area contributed by atoms with Crippen LogP contribution in [0.5, 0.6) is 0 Å². The van der Waals surface area contributed by atoms with Gasteiger partial charge in [-0.25, -0.2) is 0 Å². The largest absolute Gasteiger partial charge is 0.340 e. The third kappa shape index (κ3) is 6.38. The summed E-state index contributed by atoms with van der Waals surface area (Å²) in [6, 6.07) is 6.55. The molecular formula is C21H31N3O3. The summed E-state index contributed by atoms with van der Waals surface area (Å²) in [5.41, 5.74) is 6.44. The Hall–Kier alpha value is -2.37. The molecule has 0 saturated heterocycles. The Balaban J connectivity index is 1.95. The van der Waals surface area contributed by atoms with Gasteiger partial charge in [0.2, 0.25) is 5.91 Å². The Bertz CT molecular complexity index is 666. The lowest BCUT2D eigenvalue weighted by Gasteiger charge is -2.23. The molecule has 148 valence electrons. The van der Waals surface area contributed by atoms with Crippen LogP contribution in [0.2, 0.25) is 0 Å². The topological polar surface area (TPSA) is 87.3 Å². The van der Waals surface area contributed by atoms with Crippen molar-refractivity contribution >= 4 is 17.7 Å². The molecule has 1 aliphatic rings. The molecule has 2 rings (SSSR count). The standard InChI is InChI=1S/C21H31N3O3/c1-14(2)13-18(22-20(26)17-12-8-7-9-15(17)3)21(27)24-23-19(25)16-10-5-4-6-11-16/h7-9,12,14,16,18H,4-6,10-11,13H2,1-3H3,(H,22,26)(H,23,25)(H,24,27)/t18-/m1/s1. The zero-order valence-corrected chi connectivity index (χ0v) is 16.5. The smallest absolute Gasteiger partial charge is 0.260 e. The molecule has 1 aromatic carbocycles. The van der Waals surface area contributed by atoms with Crippen molar-refractivity contribution in [2.75, 3.05) is 0 Å². The summed E-state index contributed by atoms with van der Waals surface area (Å²) in [6.07, 6.45) is 5.48. The molecule has 1 saturated carbocycles. The van der Waals surface area contributed by atoms with Gasteiger partial charge >= 0.3 is 0 Å². The average Bonchev–Trinajstić information content (AvgIpc) is 2.65. The lowest BCUT2D eigenvalue weighted by molar-refractivity contribution is -0.132. The molecule has 3 amide bonds. The third-order valence-corrected chi connectivity index (χ3v) is 5.00. The molecule has 0 spiro atoms. The van der Waals surface area contributed by atoms with Crippen LogP contribution in [-0.2, 0) is 9.59 Å². The lowest BCUT2D eigenvalue weighted by atomic mass is 9.89. The molecule has 0 bridgehead atoms. The summed E-state index contributed by atoms with van der Waals surface area (Å²) in [4.78, 5) is 37.4. The highest BCUT2D eigenvalue weighted by Crippen LogP contribution is 2.23. The summed E-state index contributed by atoms with van der Waals surface area (Å²) >= 11 is 0. The zero-order valence-electron chi connectivity index (χ0n) is 16.5. The molecule has 3 N–H and O–H groups in total. The first-order valence-corrected chi connectivity index (χ1v) is 9.84. The van der Waals surface area contributed by atoms with E-state index in [4.69, 9.17) is 0 Å². The van der Waals surface area contributed by atoms with Crippen molar-refractivity contribution in [3.8, 4) is 0 Å². The fourth-order valence-corrected chi connectivity index (χ4v) is 3.44. The summed E-state index contributed by atoms with van der Waals surface area (Å²) < 4.78 is 0. The van der Waals surface area contributed by atoms with E-state index in [-0.39, 0.29) is 23.7 Å². The van der Waals surface area contributed by atoms with Gasteiger partial charge in [-0.2, -0.15) is 0 Å². The molecule has 27 heavy (non-hydrogen) atoms. The Morgan fingerprint density at radius 1 is 1.04 bits per heavy atom. The Kier molecular flexibility index (Phi) is 7.82. The quantitative estimate of drug-likeness (QED) is 0.670. The van der Waals surface area contributed by atoms with Crippen LogP contribution in [0.25, 0.3) is 0 Å². The maximum absolute atomic E-state index is 12.6. The number of amides is 3. The molecule has 6 nitrogen and oxygen atoms in total. The summed E-state index contributed by atoms with van der Waals surface area (Å²) in [6.45, 7) is 5.83. The number of benzene rings is 1. The summed E-state index contributed by atoms with van der Waals surface area (Å²) in [7, 11) is 0. The number of hydrogen-bond acceptors (Lipinski definition) is 3. The SMILES string of the molecule is Cc1ccccc1C(=O)N[C@H](CC(C)C)C(=O)NNC(=O)C1CCCCC1. The molecule has 1 fully saturated rings. The van der Waals surface area contributed by atoms with Crippen LogP contribution in [0.1, 0.15) is 68.3 Å². The fraction of sp³-hybridized carbons (Fsp3) is 0.571. The summed E-state index contributed by atoms with van der Waals surface area (Å²) in [5.74, 6) is -0.644. The van der Waals surface area contributed by atoms with E-state index in [0.717, 1.165) is 37.7 Å². The van der Waals surface area contributed by atoms with Crippen molar-refractivity contribution < 1.29 is 14.4 Å². The number of carbonyl (C=O) groups is 3. The first-order valence-electron chi connectivity index (χ1n) is 9.84. The Labute approximate surface area is 161 Å². The molecule has 0 radical (unpaired) electrons. The number of nitrogens with one attached hydrogen (secondary N) is 3. The molecule has 0 aliphatic heterocycles. The number of rotatable bonds is 6. The van der Waals surface area contributed by atoms with Crippen LogP contribution in [0.3, 0.4) is 0 Å². The van der Waals surface area contributed by atoms with E-state index in [1.54, 1.807) is 12.1 Å². The van der Waals surface area contributed by atoms with Gasteiger partial charge in [-0.05, 0) is 43.7 Å². The van der Waals surface area contributed by atoms with Crippen molar-refractivity contribution in [3.05, 3.63) is 35.4 Å². The van der Waals surface area contributed by atoms with Gasteiger partial charge in [-0.15, -0.1) is 0 Å². The van der Waals surface area contributed by atoms with E-state index in [2.05, 4.69) is 16.2 Å². The molecule has 1 aromatic rings. The van der Waals surface area contributed by atoms with Gasteiger partial charge in [-0.3, -0.25) is 25.2 Å². The molecule has 0 heterocycles. The van der Waals surface area contributed by atoms with Crippen LogP contribution < -0.4 is 16.2 Å². The molecular weight excluding hydrogens is 342 g/mol. The van der Waals surface area contributed by atoms with Gasteiger partial charge in [-0.1, -0.05) is 51.3 Å². The van der Waals surface area contributed by atoms with Gasteiger partial charge in [0, 0.05) is 11.5 Å². The van der Waals surface area contributed by atoms with Gasteiger partial charge in [0.15, 0.2) is 0 Å². The first kappa shape index (κ1) is 20.9. The predicted molar refractivity (Wildman–Crippen MR) is 105 cm³/mol. The van der Waals surface area contributed by atoms with E-state index in [0.29, 0.717) is 12.0 Å². The van der Waals surface area contributed by atoms with Crippen LogP contribution in [0.4, 0.5) is 0 Å². The van der Waals surface area contributed by atoms with Crippen molar-refractivity contribution in [1.82, 2.24) is 16.2 Å². The van der Waals surface area contributed by atoms with Gasteiger partial charge in [0.05, 0.1) is 0 Å². The van der Waals surface area contributed by atoms with Crippen LogP contribution in [-0.4, -0.2) is 23.8 Å². The minimum Gasteiger partial charge on any atom is -0.340 e. The van der Waals surface area contributed by atoms with Gasteiger partial charge in [0.1, 0.15) is 6.04 Å². The maximum atomic E-state index is 12.6. The Morgan fingerprint density at radius 2 is 1.70 bits per heavy atom. The lowest BCUT2D eigenvalue weighted by Crippen LogP contribution is -2.53. The van der Waals surface area contributed by atoms with Crippen molar-refractivity contribution in [2.24, 2.45) is 11.8 Å². The van der Waals surface area contributed by atoms with E-state index in [1.807, 2.05) is 32.9 Å². The van der Waals surface area contributed by atoms with E-state index in [1.165, 1.54) is 0 Å². The zero-order chi connectivity index (χ0) is 19.8. The van der Waals surface area contributed by atoms with Gasteiger partial charge in [0.25, 0.3) is 11.8 Å². The highest BCUT2D eigenvalue weighted by molar-refractivity contribution is 5.98. The van der Waals surface area contributed by atoms with Crippen LogP contribution in [0, 0.1) is 18.8 Å². The fourth-order valence-electron chi connectivity index (χ4n) is 3.44. The van der Waals surface area contributed by atoms with Gasteiger partial charge < -0.3 is 5.32 Å². The van der Waals surface area contributed by atoms with Crippen molar-refractivity contribution in [1.29, 1.82) is 0 Å². The minimum atomic E-state index is -0.705. The van der Waals surface area contributed by atoms with Crippen molar-refractivity contribution in [2.45, 2.75) is 65.3 Å². The highest BCUT2D eigenvalue weighted by Gasteiger charge is 2.25. The molecule has 1 atom stereocenters. The first-order chi connectivity index (χ1) is 12.9. The predicted octanol–water partition coefficient (Wildman–Crippen LogP) is 2.87. The highest BCUT2D eigenvalue weighted by atomic mass is 16.2. The third-order valence-electron chi connectivity index (χ3n) is 5.00. The van der Waals surface area contributed by atoms with E-state index < -0.39 is 11.9 Å². The number of aryl methyl sites for hydroxylation is 1. The van der Waals surface area contributed by atoms with Crippen LogP contribution in [0.15, 0.2) is 24.3 Å². The second-order valence-electron chi connectivity index (χ2n) is 7.78. The second kappa shape index (κ2) is 10.1. The monoisotopic (exact) mass is 373 g/mol. The number of hydrogen-bond donors (Lipinski definition) is 3. The molecule has 0 unspecified atom stereocenters. The minimum absolute atomic E-state index is 0.0378. The number of hydrazine groups is 1. The van der Waals surface area contributed by atoms with E-state index in [9.17, 15) is 14.4 Å². The van der Waals surface area contributed by atoms with E-state index >= 15 is 0 Å². The molecule has 0 aromatic heterocycles. The Morgan fingerprint density at radius 3 is 2.33 bits per heavy atom. The second-order valence-corrected chi connectivity index (χ2v) is 7.78. The summed E-state index contributed by atoms with van der Waals surface area (Å²) in [5, 5.41) is 2.81. The molecule has 1 aliphatic carbocycles. The van der Waals surface area contributed by atoms with Crippen LogP contribution >= 0.6 is 0 Å². The number of carbonyl (C=O) groups excluding carboxylic acids is 3.